The standard InChI is InChI=1S/C24H22F3N5O/c25-24(26,27)18-5-1-4-17(13-18)20-6-7-21-22(30-20)32(19-9-12-31(21)15-19)23(33)29-11-8-16-3-2-10-28-14-16/h1-7,10,13-14,19H,8-9,11-12,15H2,(H,29,33)/t19-/m0/s1. The number of alkyl halides is 3. The number of nitrogens with zero attached hydrogens (tertiary/aromatic N) is 4. The minimum Gasteiger partial charge on any atom is -0.366 e. The molecular formula is C24H22F3N5O. The summed E-state index contributed by atoms with van der Waals surface area (Å²) in [5.41, 5.74) is 1.87. The van der Waals surface area contributed by atoms with Crippen molar-refractivity contribution in [2.24, 2.45) is 0 Å². The molecule has 4 heterocycles. The second-order valence-corrected chi connectivity index (χ2v) is 8.22. The zero-order chi connectivity index (χ0) is 23.0. The lowest BCUT2D eigenvalue weighted by Gasteiger charge is -2.36. The first-order chi connectivity index (χ1) is 15.9. The molecule has 2 aliphatic rings. The summed E-state index contributed by atoms with van der Waals surface area (Å²) in [7, 11) is 0. The molecule has 5 rings (SSSR count). The summed E-state index contributed by atoms with van der Waals surface area (Å²) in [6, 6.07) is 12.2. The summed E-state index contributed by atoms with van der Waals surface area (Å²) in [4.78, 5) is 25.7. The molecule has 6 nitrogen and oxygen atoms in total. The van der Waals surface area contributed by atoms with Crippen LogP contribution in [0.25, 0.3) is 11.3 Å². The van der Waals surface area contributed by atoms with Gasteiger partial charge in [0.1, 0.15) is 0 Å². The van der Waals surface area contributed by atoms with E-state index in [1.54, 1.807) is 29.4 Å². The minimum absolute atomic E-state index is 0.0276. The van der Waals surface area contributed by atoms with Crippen molar-refractivity contribution in [1.29, 1.82) is 0 Å². The lowest BCUT2D eigenvalue weighted by molar-refractivity contribution is -0.137. The first-order valence-electron chi connectivity index (χ1n) is 10.8. The average molecular weight is 453 g/mol. The van der Waals surface area contributed by atoms with Crippen molar-refractivity contribution in [3.63, 3.8) is 0 Å². The lowest BCUT2D eigenvalue weighted by Crippen LogP contribution is -2.51. The Morgan fingerprint density at radius 2 is 2.03 bits per heavy atom. The third-order valence-electron chi connectivity index (χ3n) is 6.07. The van der Waals surface area contributed by atoms with Crippen molar-refractivity contribution in [3.05, 3.63) is 72.1 Å². The van der Waals surface area contributed by atoms with E-state index < -0.39 is 11.7 Å². The summed E-state index contributed by atoms with van der Waals surface area (Å²) >= 11 is 0. The van der Waals surface area contributed by atoms with Gasteiger partial charge in [0.05, 0.1) is 23.0 Å². The van der Waals surface area contributed by atoms with Crippen LogP contribution in [0.3, 0.4) is 0 Å². The quantitative estimate of drug-likeness (QED) is 0.631. The van der Waals surface area contributed by atoms with E-state index in [9.17, 15) is 18.0 Å². The van der Waals surface area contributed by atoms with Gasteiger partial charge < -0.3 is 10.2 Å². The molecule has 2 amide bonds. The van der Waals surface area contributed by atoms with Crippen molar-refractivity contribution in [2.45, 2.75) is 25.1 Å². The molecule has 170 valence electrons. The van der Waals surface area contributed by atoms with E-state index in [-0.39, 0.29) is 12.1 Å². The lowest BCUT2D eigenvalue weighted by atomic mass is 10.1. The molecule has 0 saturated carbocycles. The first-order valence-corrected chi connectivity index (χ1v) is 10.8. The van der Waals surface area contributed by atoms with Gasteiger partial charge >= 0.3 is 12.2 Å². The van der Waals surface area contributed by atoms with Crippen molar-refractivity contribution in [3.8, 4) is 11.3 Å². The van der Waals surface area contributed by atoms with Crippen LogP contribution in [0.15, 0.2) is 60.9 Å². The van der Waals surface area contributed by atoms with Gasteiger partial charge in [0, 0.05) is 37.6 Å². The van der Waals surface area contributed by atoms with Gasteiger partial charge in [-0.1, -0.05) is 18.2 Å². The molecule has 0 aliphatic carbocycles. The summed E-state index contributed by atoms with van der Waals surface area (Å²) in [5.74, 6) is 0.484. The summed E-state index contributed by atoms with van der Waals surface area (Å²) in [6.07, 6.45) is 0.488. The number of anilines is 2. The number of fused-ring (bicyclic) bond motifs is 4. The summed E-state index contributed by atoms with van der Waals surface area (Å²) in [5, 5.41) is 2.96. The highest BCUT2D eigenvalue weighted by Crippen LogP contribution is 2.40. The monoisotopic (exact) mass is 453 g/mol. The number of benzene rings is 1. The number of halogens is 3. The minimum atomic E-state index is -4.44. The molecule has 3 aromatic rings. The number of pyridine rings is 2. The van der Waals surface area contributed by atoms with E-state index in [1.165, 1.54) is 6.07 Å². The molecule has 0 radical (unpaired) electrons. The fraction of sp³-hybridized carbons (Fsp3) is 0.292. The molecular weight excluding hydrogens is 431 g/mol. The number of carbonyl (C=O) groups excluding carboxylic acids is 1. The zero-order valence-corrected chi connectivity index (χ0v) is 17.7. The van der Waals surface area contributed by atoms with Gasteiger partial charge in [-0.05, 0) is 48.7 Å². The van der Waals surface area contributed by atoms with Crippen LogP contribution in [0.1, 0.15) is 17.5 Å². The van der Waals surface area contributed by atoms with Gasteiger partial charge in [-0.2, -0.15) is 13.2 Å². The maximum atomic E-state index is 13.2. The molecule has 33 heavy (non-hydrogen) atoms. The highest BCUT2D eigenvalue weighted by molar-refractivity contribution is 5.97. The number of hydrogen-bond donors (Lipinski definition) is 1. The van der Waals surface area contributed by atoms with Gasteiger partial charge in [0.15, 0.2) is 5.82 Å². The fourth-order valence-corrected chi connectivity index (χ4v) is 4.43. The van der Waals surface area contributed by atoms with E-state index in [1.807, 2.05) is 18.2 Å². The Hall–Kier alpha value is -3.62. The fourth-order valence-electron chi connectivity index (χ4n) is 4.43. The second kappa shape index (κ2) is 8.38. The number of aromatic nitrogens is 2. The molecule has 2 aliphatic heterocycles. The summed E-state index contributed by atoms with van der Waals surface area (Å²) in [6.45, 7) is 1.97. The Morgan fingerprint density at radius 3 is 2.82 bits per heavy atom. The molecule has 1 atom stereocenters. The van der Waals surface area contributed by atoms with Crippen molar-refractivity contribution in [1.82, 2.24) is 15.3 Å². The normalized spacial score (nSPS) is 17.1. The van der Waals surface area contributed by atoms with Gasteiger partial charge in [-0.3, -0.25) is 9.88 Å². The predicted octanol–water partition coefficient (Wildman–Crippen LogP) is 4.51. The van der Waals surface area contributed by atoms with Gasteiger partial charge in [0.25, 0.3) is 0 Å². The Bertz CT molecular complexity index is 1170. The molecule has 1 N–H and O–H groups in total. The van der Waals surface area contributed by atoms with Crippen LogP contribution in [0.4, 0.5) is 29.5 Å². The van der Waals surface area contributed by atoms with E-state index in [0.29, 0.717) is 36.6 Å². The number of rotatable bonds is 4. The average Bonchev–Trinajstić information content (AvgIpc) is 3.23. The first kappa shape index (κ1) is 21.2. The van der Waals surface area contributed by atoms with E-state index in [4.69, 9.17) is 0 Å². The van der Waals surface area contributed by atoms with Gasteiger partial charge in [-0.15, -0.1) is 0 Å². The second-order valence-electron chi connectivity index (χ2n) is 8.22. The number of nitrogens with one attached hydrogen (secondary N) is 1. The number of hydrogen-bond acceptors (Lipinski definition) is 4. The highest BCUT2D eigenvalue weighted by atomic mass is 19.4. The van der Waals surface area contributed by atoms with Crippen molar-refractivity contribution in [2.75, 3.05) is 29.4 Å². The molecule has 2 bridgehead atoms. The number of urea groups is 1. The van der Waals surface area contributed by atoms with Crippen LogP contribution in [-0.4, -0.2) is 41.7 Å². The smallest absolute Gasteiger partial charge is 0.366 e. The van der Waals surface area contributed by atoms with Crippen LogP contribution < -0.4 is 15.1 Å². The van der Waals surface area contributed by atoms with Crippen molar-refractivity contribution >= 4 is 17.5 Å². The van der Waals surface area contributed by atoms with Crippen LogP contribution >= 0.6 is 0 Å². The Kier molecular flexibility index (Phi) is 5.39. The Labute approximate surface area is 189 Å². The number of amides is 2. The van der Waals surface area contributed by atoms with Crippen LogP contribution in [-0.2, 0) is 12.6 Å². The maximum absolute atomic E-state index is 13.2. The largest absolute Gasteiger partial charge is 0.416 e. The molecule has 2 aromatic heterocycles. The van der Waals surface area contributed by atoms with Crippen molar-refractivity contribution < 1.29 is 18.0 Å². The molecule has 1 aromatic carbocycles. The highest BCUT2D eigenvalue weighted by Gasteiger charge is 2.40. The third-order valence-corrected chi connectivity index (χ3v) is 6.07. The SMILES string of the molecule is O=C(NCCc1cccnc1)N1c2nc(-c3cccc(C(F)(F)F)c3)ccc2N2CC[C@H]1C2. The number of carbonyl (C=O) groups is 1. The third kappa shape index (κ3) is 4.22. The van der Waals surface area contributed by atoms with Gasteiger partial charge in [0.2, 0.25) is 0 Å². The topological polar surface area (TPSA) is 61.4 Å². The molecule has 0 unspecified atom stereocenters. The molecule has 9 heteroatoms. The predicted molar refractivity (Wildman–Crippen MR) is 119 cm³/mol. The summed E-state index contributed by atoms with van der Waals surface area (Å²) < 4.78 is 39.6. The van der Waals surface area contributed by atoms with E-state index in [2.05, 4.69) is 20.2 Å². The Morgan fingerprint density at radius 1 is 1.15 bits per heavy atom. The molecule has 0 spiro atoms. The maximum Gasteiger partial charge on any atom is 0.416 e. The van der Waals surface area contributed by atoms with Gasteiger partial charge in [-0.25, -0.2) is 9.78 Å². The van der Waals surface area contributed by atoms with E-state index in [0.717, 1.165) is 36.3 Å². The molecule has 1 saturated heterocycles. The van der Waals surface area contributed by atoms with Crippen LogP contribution in [0.5, 0.6) is 0 Å². The molecule has 1 fully saturated rings. The van der Waals surface area contributed by atoms with Crippen LogP contribution in [0.2, 0.25) is 0 Å². The van der Waals surface area contributed by atoms with Crippen LogP contribution in [0, 0.1) is 0 Å². The zero-order valence-electron chi connectivity index (χ0n) is 17.7. The van der Waals surface area contributed by atoms with E-state index >= 15 is 0 Å². The Balaban J connectivity index is 1.42.